The summed E-state index contributed by atoms with van der Waals surface area (Å²) < 4.78 is 29.1. The molecule has 0 bridgehead atoms. The van der Waals surface area contributed by atoms with Gasteiger partial charge in [0.1, 0.15) is 5.82 Å². The van der Waals surface area contributed by atoms with Crippen molar-refractivity contribution in [1.82, 2.24) is 0 Å². The van der Waals surface area contributed by atoms with Crippen LogP contribution in [0.3, 0.4) is 0 Å². The highest BCUT2D eigenvalue weighted by Crippen LogP contribution is 2.34. The molecule has 2 atom stereocenters. The molecule has 1 unspecified atom stereocenters. The topological polar surface area (TPSA) is 46.5 Å². The van der Waals surface area contributed by atoms with Gasteiger partial charge in [0.2, 0.25) is 0 Å². The second-order valence-electron chi connectivity index (χ2n) is 7.42. The summed E-state index contributed by atoms with van der Waals surface area (Å²) in [6.45, 7) is 2.16. The molecular formula is C25H27FO3S. The van der Waals surface area contributed by atoms with Gasteiger partial charge in [0.05, 0.1) is 12.0 Å². The van der Waals surface area contributed by atoms with Gasteiger partial charge >= 0.3 is 0 Å². The Balaban J connectivity index is 0.000000199. The smallest absolute Gasteiger partial charge is 0.188 e. The van der Waals surface area contributed by atoms with Crippen LogP contribution in [0.1, 0.15) is 40.2 Å². The number of fused-ring (bicyclic) bond motifs is 2. The van der Waals surface area contributed by atoms with Crippen LogP contribution in [0.5, 0.6) is 0 Å². The third-order valence-electron chi connectivity index (χ3n) is 5.35. The highest BCUT2D eigenvalue weighted by Gasteiger charge is 2.21. The molecular weight excluding hydrogens is 399 g/mol. The maximum atomic E-state index is 13.4. The predicted octanol–water partition coefficient (Wildman–Crippen LogP) is 5.10. The fourth-order valence-corrected chi connectivity index (χ4v) is 4.34. The van der Waals surface area contributed by atoms with Crippen molar-refractivity contribution >= 4 is 11.1 Å². The zero-order valence-corrected chi connectivity index (χ0v) is 18.1. The first-order valence-corrected chi connectivity index (χ1v) is 11.1. The van der Waals surface area contributed by atoms with E-state index in [1.165, 1.54) is 29.9 Å². The Morgan fingerprint density at radius 2 is 1.77 bits per heavy atom. The van der Waals surface area contributed by atoms with Gasteiger partial charge in [-0.1, -0.05) is 48.0 Å². The molecule has 1 aliphatic carbocycles. The summed E-state index contributed by atoms with van der Waals surface area (Å²) in [5.74, 6) is 0.108. The highest BCUT2D eigenvalue weighted by molar-refractivity contribution is 7.80. The molecule has 0 radical (unpaired) electrons. The van der Waals surface area contributed by atoms with Gasteiger partial charge in [0.15, 0.2) is 11.1 Å². The van der Waals surface area contributed by atoms with Crippen LogP contribution in [-0.4, -0.2) is 23.0 Å². The van der Waals surface area contributed by atoms with E-state index in [0.717, 1.165) is 30.4 Å². The third kappa shape index (κ3) is 5.63. The fraction of sp³-hybridized carbons (Fsp3) is 0.280. The third-order valence-corrected chi connectivity index (χ3v) is 6.31. The van der Waals surface area contributed by atoms with Gasteiger partial charge in [0, 0.05) is 6.61 Å². The fourth-order valence-electron chi connectivity index (χ4n) is 3.79. The van der Waals surface area contributed by atoms with Crippen molar-refractivity contribution in [2.75, 3.05) is 13.7 Å². The minimum Gasteiger partial charge on any atom is -0.396 e. The van der Waals surface area contributed by atoms with Crippen LogP contribution in [0.2, 0.25) is 0 Å². The maximum absolute atomic E-state index is 13.4. The number of aliphatic hydroxyl groups excluding tert-OH is 1. The number of rotatable bonds is 4. The molecule has 3 nitrogen and oxygen atoms in total. The number of hydrogen-bond donors (Lipinski definition) is 1. The lowest BCUT2D eigenvalue weighted by Gasteiger charge is -2.16. The van der Waals surface area contributed by atoms with Gasteiger partial charge in [-0.15, -0.1) is 0 Å². The average molecular weight is 427 g/mol. The number of aryl methyl sites for hydroxylation is 1. The van der Waals surface area contributed by atoms with Gasteiger partial charge in [-0.05, 0) is 78.6 Å². The van der Waals surface area contributed by atoms with Crippen molar-refractivity contribution in [1.29, 1.82) is 0 Å². The van der Waals surface area contributed by atoms with Crippen molar-refractivity contribution in [3.05, 3.63) is 100 Å². The van der Waals surface area contributed by atoms with E-state index >= 15 is 0 Å². The molecule has 0 aliphatic heterocycles. The first-order chi connectivity index (χ1) is 14.5. The van der Waals surface area contributed by atoms with Gasteiger partial charge in [-0.2, -0.15) is 0 Å². The van der Waals surface area contributed by atoms with Gasteiger partial charge in [-0.3, -0.25) is 4.18 Å². The van der Waals surface area contributed by atoms with Crippen LogP contribution < -0.4 is 0 Å². The van der Waals surface area contributed by atoms with E-state index in [1.54, 1.807) is 18.2 Å². The minimum atomic E-state index is -1.30. The molecule has 0 heterocycles. The quantitative estimate of drug-likeness (QED) is 0.631. The summed E-state index contributed by atoms with van der Waals surface area (Å²) in [4.78, 5) is 0.707. The number of benzene rings is 3. The molecule has 0 saturated heterocycles. The van der Waals surface area contributed by atoms with E-state index in [1.807, 2.05) is 37.3 Å². The van der Waals surface area contributed by atoms with Gasteiger partial charge in [0.25, 0.3) is 0 Å². The van der Waals surface area contributed by atoms with E-state index in [9.17, 15) is 13.7 Å². The molecule has 1 aliphatic rings. The van der Waals surface area contributed by atoms with E-state index < -0.39 is 11.1 Å². The Hall–Kier alpha value is -2.34. The SMILES string of the molecule is COS(=O)c1ccc(C)cc1.OCC[C@H]1Cc2cc(F)ccc2Cc2ccccc21. The Labute approximate surface area is 180 Å². The molecule has 3 aromatic rings. The van der Waals surface area contributed by atoms with E-state index in [0.29, 0.717) is 4.90 Å². The summed E-state index contributed by atoms with van der Waals surface area (Å²) in [6.07, 6.45) is 2.39. The highest BCUT2D eigenvalue weighted by atomic mass is 32.2. The van der Waals surface area contributed by atoms with Gasteiger partial charge < -0.3 is 5.11 Å². The second kappa shape index (κ2) is 10.6. The van der Waals surface area contributed by atoms with Crippen molar-refractivity contribution in [3.8, 4) is 0 Å². The van der Waals surface area contributed by atoms with E-state index in [-0.39, 0.29) is 18.3 Å². The second-order valence-corrected chi connectivity index (χ2v) is 8.69. The molecule has 5 heteroatoms. The molecule has 0 fully saturated rings. The summed E-state index contributed by atoms with van der Waals surface area (Å²) in [5, 5.41) is 9.26. The molecule has 0 aromatic heterocycles. The summed E-state index contributed by atoms with van der Waals surface area (Å²) in [6, 6.07) is 20.9. The van der Waals surface area contributed by atoms with Crippen molar-refractivity contribution in [3.63, 3.8) is 0 Å². The van der Waals surface area contributed by atoms with Crippen LogP contribution in [0, 0.1) is 12.7 Å². The first kappa shape index (κ1) is 22.3. The zero-order valence-electron chi connectivity index (χ0n) is 17.3. The lowest BCUT2D eigenvalue weighted by Crippen LogP contribution is -2.05. The van der Waals surface area contributed by atoms with Crippen LogP contribution in [0.25, 0.3) is 0 Å². The van der Waals surface area contributed by atoms with Crippen LogP contribution in [-0.2, 0) is 28.1 Å². The van der Waals surface area contributed by atoms with Crippen molar-refractivity contribution in [2.45, 2.75) is 37.0 Å². The molecule has 1 N–H and O–H groups in total. The zero-order chi connectivity index (χ0) is 21.5. The van der Waals surface area contributed by atoms with Crippen LogP contribution in [0.4, 0.5) is 4.39 Å². The minimum absolute atomic E-state index is 0.170. The van der Waals surface area contributed by atoms with Crippen LogP contribution in [0.15, 0.2) is 71.6 Å². The largest absolute Gasteiger partial charge is 0.396 e. The molecule has 30 heavy (non-hydrogen) atoms. The number of aliphatic hydroxyl groups is 1. The molecule has 3 aromatic carbocycles. The Kier molecular flexibility index (Phi) is 7.91. The Morgan fingerprint density at radius 3 is 2.47 bits per heavy atom. The van der Waals surface area contributed by atoms with Crippen LogP contribution >= 0.6 is 0 Å². The standard InChI is InChI=1S/C17H17FO.C8H10O2S/c18-16-6-5-12-9-13-3-1-2-4-17(13)14(7-8-19)10-15(12)11-16;1-7-3-5-8(6-4-7)11(9)10-2/h1-6,11,14,19H,7-10H2;3-6H,1-2H3/t14-;/m0./s1. The van der Waals surface area contributed by atoms with Gasteiger partial charge in [-0.25, -0.2) is 8.60 Å². The molecule has 4 rings (SSSR count). The summed E-state index contributed by atoms with van der Waals surface area (Å²) >= 11 is -1.30. The Morgan fingerprint density at radius 1 is 1.03 bits per heavy atom. The maximum Gasteiger partial charge on any atom is 0.188 e. The predicted molar refractivity (Wildman–Crippen MR) is 118 cm³/mol. The molecule has 0 spiro atoms. The first-order valence-electron chi connectivity index (χ1n) is 10.0. The molecule has 0 saturated carbocycles. The lowest BCUT2D eigenvalue weighted by molar-refractivity contribution is 0.275. The number of hydrogen-bond acceptors (Lipinski definition) is 3. The summed E-state index contributed by atoms with van der Waals surface area (Å²) in [5.41, 5.74) is 6.03. The van der Waals surface area contributed by atoms with Crippen molar-refractivity contribution in [2.24, 2.45) is 0 Å². The van der Waals surface area contributed by atoms with Crippen molar-refractivity contribution < 1.29 is 17.9 Å². The van der Waals surface area contributed by atoms with E-state index in [2.05, 4.69) is 16.3 Å². The lowest BCUT2D eigenvalue weighted by atomic mass is 9.89. The summed E-state index contributed by atoms with van der Waals surface area (Å²) in [7, 11) is 1.43. The molecule has 0 amide bonds. The molecule has 158 valence electrons. The Bertz CT molecular complexity index is 1000. The van der Waals surface area contributed by atoms with E-state index in [4.69, 9.17) is 0 Å². The normalized spacial score (nSPS) is 15.8. The number of halogens is 1. The monoisotopic (exact) mass is 426 g/mol. The average Bonchev–Trinajstić information content (AvgIpc) is 2.91.